The number of aromatic nitrogens is 4. The molecule has 1 amide bonds. The van der Waals surface area contributed by atoms with Gasteiger partial charge in [-0.1, -0.05) is 25.4 Å². The molecule has 0 unspecified atom stereocenters. The summed E-state index contributed by atoms with van der Waals surface area (Å²) < 4.78 is 7.46. The van der Waals surface area contributed by atoms with Gasteiger partial charge in [-0.3, -0.25) is 4.79 Å². The van der Waals surface area contributed by atoms with Crippen LogP contribution in [0.1, 0.15) is 48.7 Å². The number of rotatable bonds is 5. The number of carbonyl (C=O) groups excluding carboxylic acids is 1. The Bertz CT molecular complexity index is 994. The molecule has 3 heterocycles. The molecule has 29 heavy (non-hydrogen) atoms. The van der Waals surface area contributed by atoms with Crippen molar-refractivity contribution in [3.05, 3.63) is 52.9 Å². The van der Waals surface area contributed by atoms with E-state index in [1.165, 1.54) is 0 Å². The Balaban J connectivity index is 1.37. The zero-order valence-corrected chi connectivity index (χ0v) is 17.3. The molecule has 0 bridgehead atoms. The van der Waals surface area contributed by atoms with Crippen LogP contribution in [0.3, 0.4) is 0 Å². The monoisotopic (exact) mass is 413 g/mol. The predicted molar refractivity (Wildman–Crippen MR) is 110 cm³/mol. The highest BCUT2D eigenvalue weighted by atomic mass is 35.5. The van der Waals surface area contributed by atoms with E-state index in [1.54, 1.807) is 10.8 Å². The van der Waals surface area contributed by atoms with Gasteiger partial charge in [0.1, 0.15) is 17.8 Å². The van der Waals surface area contributed by atoms with Crippen LogP contribution in [0, 0.1) is 5.92 Å². The van der Waals surface area contributed by atoms with E-state index in [0.29, 0.717) is 42.0 Å². The molecule has 1 fully saturated rings. The first-order valence-corrected chi connectivity index (χ1v) is 10.3. The van der Waals surface area contributed by atoms with E-state index in [-0.39, 0.29) is 11.8 Å². The molecule has 1 aliphatic rings. The second-order valence-electron chi connectivity index (χ2n) is 7.74. The van der Waals surface area contributed by atoms with E-state index in [9.17, 15) is 4.79 Å². The van der Waals surface area contributed by atoms with Crippen LogP contribution in [0.2, 0.25) is 5.02 Å². The summed E-state index contributed by atoms with van der Waals surface area (Å²) >= 11 is 5.90. The van der Waals surface area contributed by atoms with Gasteiger partial charge >= 0.3 is 0 Å². The number of hydrogen-bond donors (Lipinski definition) is 0. The molecule has 0 N–H and O–H groups in total. The van der Waals surface area contributed by atoms with Crippen molar-refractivity contribution in [3.63, 3.8) is 0 Å². The van der Waals surface area contributed by atoms with Crippen molar-refractivity contribution in [1.82, 2.24) is 24.7 Å². The molecule has 8 heteroatoms. The third-order valence-corrected chi connectivity index (χ3v) is 5.59. The van der Waals surface area contributed by atoms with E-state index in [4.69, 9.17) is 16.3 Å². The fraction of sp³-hybridized carbons (Fsp3) is 0.429. The Labute approximate surface area is 174 Å². The van der Waals surface area contributed by atoms with Gasteiger partial charge in [0, 0.05) is 23.7 Å². The lowest BCUT2D eigenvalue weighted by Gasteiger charge is -2.31. The summed E-state index contributed by atoms with van der Waals surface area (Å²) in [7, 11) is 0. The van der Waals surface area contributed by atoms with Gasteiger partial charge in [-0.25, -0.2) is 0 Å². The standard InChI is InChI=1S/C21H24ClN5O2/c1-14(2)18-11-19(25-27-13-23-24-20(18)27)21(28)26-9-7-15(8-10-26)12-29-17-5-3-16(22)4-6-17/h3-6,11,13-15H,7-10,12H2,1-2H3. The molecule has 0 saturated carbocycles. The molecular formula is C21H24ClN5O2. The summed E-state index contributed by atoms with van der Waals surface area (Å²) in [4.78, 5) is 14.9. The van der Waals surface area contributed by atoms with Crippen LogP contribution in [0.5, 0.6) is 5.75 Å². The van der Waals surface area contributed by atoms with Crippen molar-refractivity contribution in [2.75, 3.05) is 19.7 Å². The Morgan fingerprint density at radius 2 is 1.97 bits per heavy atom. The average molecular weight is 414 g/mol. The molecule has 1 aromatic carbocycles. The Kier molecular flexibility index (Phi) is 5.67. The lowest BCUT2D eigenvalue weighted by atomic mass is 9.97. The third-order valence-electron chi connectivity index (χ3n) is 5.34. The topological polar surface area (TPSA) is 72.6 Å². The summed E-state index contributed by atoms with van der Waals surface area (Å²) in [6, 6.07) is 9.25. The fourth-order valence-electron chi connectivity index (χ4n) is 3.59. The summed E-state index contributed by atoms with van der Waals surface area (Å²) in [5.41, 5.74) is 2.12. The van der Waals surface area contributed by atoms with Crippen LogP contribution in [0.15, 0.2) is 36.7 Å². The molecule has 0 spiro atoms. The van der Waals surface area contributed by atoms with E-state index in [2.05, 4.69) is 29.1 Å². The van der Waals surface area contributed by atoms with Crippen LogP contribution < -0.4 is 4.74 Å². The molecule has 4 rings (SSSR count). The zero-order chi connectivity index (χ0) is 20.4. The zero-order valence-electron chi connectivity index (χ0n) is 16.6. The van der Waals surface area contributed by atoms with Crippen LogP contribution in [0.4, 0.5) is 0 Å². The summed E-state index contributed by atoms with van der Waals surface area (Å²) in [6.07, 6.45) is 3.36. The van der Waals surface area contributed by atoms with Gasteiger partial charge in [0.25, 0.3) is 5.91 Å². The van der Waals surface area contributed by atoms with Gasteiger partial charge in [0.05, 0.1) is 6.61 Å². The maximum atomic E-state index is 13.0. The SMILES string of the molecule is CC(C)c1cc(C(=O)N2CCC(COc3ccc(Cl)cc3)CC2)nn2cnnc12. The van der Waals surface area contributed by atoms with Crippen LogP contribution >= 0.6 is 11.6 Å². The number of ether oxygens (including phenoxy) is 1. The van der Waals surface area contributed by atoms with Crippen molar-refractivity contribution < 1.29 is 9.53 Å². The number of benzene rings is 1. The fourth-order valence-corrected chi connectivity index (χ4v) is 3.71. The Morgan fingerprint density at radius 1 is 1.24 bits per heavy atom. The summed E-state index contributed by atoms with van der Waals surface area (Å²) in [6.45, 7) is 6.19. The van der Waals surface area contributed by atoms with Crippen molar-refractivity contribution >= 4 is 23.2 Å². The van der Waals surface area contributed by atoms with Gasteiger partial charge in [-0.15, -0.1) is 10.2 Å². The van der Waals surface area contributed by atoms with Crippen LogP contribution in [0.25, 0.3) is 5.65 Å². The molecule has 0 radical (unpaired) electrons. The van der Waals surface area contributed by atoms with Gasteiger partial charge in [-0.2, -0.15) is 9.61 Å². The molecule has 1 saturated heterocycles. The largest absolute Gasteiger partial charge is 0.493 e. The maximum Gasteiger partial charge on any atom is 0.274 e. The first-order valence-electron chi connectivity index (χ1n) is 9.90. The molecule has 2 aromatic heterocycles. The number of amides is 1. The third kappa shape index (κ3) is 4.34. The van der Waals surface area contributed by atoms with Gasteiger partial charge in [0.15, 0.2) is 5.65 Å². The number of likely N-dealkylation sites (tertiary alicyclic amines) is 1. The highest BCUT2D eigenvalue weighted by molar-refractivity contribution is 6.30. The Hall–Kier alpha value is -2.67. The van der Waals surface area contributed by atoms with Crippen molar-refractivity contribution in [3.8, 4) is 5.75 Å². The van der Waals surface area contributed by atoms with E-state index in [1.807, 2.05) is 35.2 Å². The summed E-state index contributed by atoms with van der Waals surface area (Å²) in [5.74, 6) is 1.43. The van der Waals surface area contributed by atoms with Crippen molar-refractivity contribution in [1.29, 1.82) is 0 Å². The number of halogens is 1. The van der Waals surface area contributed by atoms with E-state index >= 15 is 0 Å². The van der Waals surface area contributed by atoms with Crippen LogP contribution in [-0.2, 0) is 0 Å². The quantitative estimate of drug-likeness (QED) is 0.635. The number of piperidine rings is 1. The Morgan fingerprint density at radius 3 is 2.66 bits per heavy atom. The lowest BCUT2D eigenvalue weighted by Crippen LogP contribution is -2.40. The average Bonchev–Trinajstić information content (AvgIpc) is 3.21. The normalized spacial score (nSPS) is 15.2. The smallest absolute Gasteiger partial charge is 0.274 e. The predicted octanol–water partition coefficient (Wildman–Crippen LogP) is 3.83. The minimum Gasteiger partial charge on any atom is -0.493 e. The summed E-state index contributed by atoms with van der Waals surface area (Å²) in [5, 5.41) is 13.2. The molecule has 0 aliphatic carbocycles. The molecule has 1 aliphatic heterocycles. The second kappa shape index (κ2) is 8.37. The van der Waals surface area contributed by atoms with Gasteiger partial charge < -0.3 is 9.64 Å². The van der Waals surface area contributed by atoms with E-state index < -0.39 is 0 Å². The number of nitrogens with zero attached hydrogens (tertiary/aromatic N) is 5. The number of carbonyl (C=O) groups is 1. The molecule has 152 valence electrons. The molecule has 0 atom stereocenters. The van der Waals surface area contributed by atoms with E-state index in [0.717, 1.165) is 24.2 Å². The van der Waals surface area contributed by atoms with Crippen molar-refractivity contribution in [2.45, 2.75) is 32.6 Å². The first kappa shape index (κ1) is 19.6. The minimum absolute atomic E-state index is 0.0421. The second-order valence-corrected chi connectivity index (χ2v) is 8.18. The maximum absolute atomic E-state index is 13.0. The van der Waals surface area contributed by atoms with Gasteiger partial charge in [0.2, 0.25) is 0 Å². The highest BCUT2D eigenvalue weighted by Gasteiger charge is 2.26. The number of fused-ring (bicyclic) bond motifs is 1. The van der Waals surface area contributed by atoms with Crippen LogP contribution in [-0.4, -0.2) is 50.3 Å². The lowest BCUT2D eigenvalue weighted by molar-refractivity contribution is 0.0653. The molecule has 7 nitrogen and oxygen atoms in total. The minimum atomic E-state index is -0.0421. The molecular weight excluding hydrogens is 390 g/mol. The first-order chi connectivity index (χ1) is 14.0. The highest BCUT2D eigenvalue weighted by Crippen LogP contribution is 2.23. The number of hydrogen-bond acceptors (Lipinski definition) is 5. The van der Waals surface area contributed by atoms with Crippen molar-refractivity contribution in [2.24, 2.45) is 5.92 Å². The molecule has 3 aromatic rings. The van der Waals surface area contributed by atoms with Gasteiger partial charge in [-0.05, 0) is 55.0 Å².